The van der Waals surface area contributed by atoms with Gasteiger partial charge in [0.2, 0.25) is 5.89 Å². The lowest BCUT2D eigenvalue weighted by Gasteiger charge is -2.19. The van der Waals surface area contributed by atoms with Gasteiger partial charge in [0.05, 0.1) is 24.1 Å². The number of benzene rings is 2. The van der Waals surface area contributed by atoms with Crippen LogP contribution in [0.2, 0.25) is 0 Å². The molecule has 6 rings (SSSR count). The summed E-state index contributed by atoms with van der Waals surface area (Å²) in [6.45, 7) is 0.274. The molecule has 10 heteroatoms. The maximum atomic E-state index is 14.1. The molecule has 1 aliphatic heterocycles. The lowest BCUT2D eigenvalue weighted by Crippen LogP contribution is -2.24. The minimum atomic E-state index is -2.88. The molecule has 33 heavy (non-hydrogen) atoms. The van der Waals surface area contributed by atoms with Gasteiger partial charge in [0.1, 0.15) is 5.82 Å². The first-order valence-electron chi connectivity index (χ1n) is 10.4. The molecule has 2 aromatic heterocycles. The molecule has 0 radical (unpaired) electrons. The van der Waals surface area contributed by atoms with Crippen LogP contribution in [0, 0.1) is 5.82 Å². The Labute approximate surface area is 185 Å². The number of amides is 1. The molecule has 2 aromatic carbocycles. The summed E-state index contributed by atoms with van der Waals surface area (Å²) in [5, 5.41) is 11.4. The van der Waals surface area contributed by atoms with Crippen molar-refractivity contribution in [2.45, 2.75) is 31.7 Å². The number of carbonyl (C=O) groups is 1. The maximum Gasteiger partial charge on any atom is 0.314 e. The van der Waals surface area contributed by atoms with Gasteiger partial charge in [-0.3, -0.25) is 4.79 Å². The molecule has 2 aliphatic rings. The van der Waals surface area contributed by atoms with Crippen molar-refractivity contribution in [3.05, 3.63) is 77.2 Å². The van der Waals surface area contributed by atoms with Gasteiger partial charge in [-0.15, -0.1) is 10.2 Å². The average Bonchev–Trinajstić information content (AvgIpc) is 3.22. The summed E-state index contributed by atoms with van der Waals surface area (Å²) in [6, 6.07) is 9.11. The Morgan fingerprint density at radius 1 is 1.06 bits per heavy atom. The fraction of sp³-hybridized carbons (Fsp3) is 0.217. The molecule has 0 bridgehead atoms. The number of carbonyl (C=O) groups excluding carboxylic acids is 1. The first-order valence-corrected chi connectivity index (χ1v) is 10.4. The summed E-state index contributed by atoms with van der Waals surface area (Å²) in [6.07, 6.45) is 3.00. The van der Waals surface area contributed by atoms with Crippen LogP contribution in [0.5, 0.6) is 0 Å². The summed E-state index contributed by atoms with van der Waals surface area (Å²) in [4.78, 5) is 14.8. The fourth-order valence-corrected chi connectivity index (χ4v) is 4.07. The molecule has 1 fully saturated rings. The van der Waals surface area contributed by atoms with Crippen molar-refractivity contribution in [1.82, 2.24) is 20.0 Å². The molecule has 0 spiro atoms. The van der Waals surface area contributed by atoms with Gasteiger partial charge >= 0.3 is 6.43 Å². The van der Waals surface area contributed by atoms with E-state index in [-0.39, 0.29) is 18.3 Å². The topological polar surface area (TPSA) is 77.0 Å². The monoisotopic (exact) mass is 451 g/mol. The highest BCUT2D eigenvalue weighted by molar-refractivity contribution is 6.11. The predicted molar refractivity (Wildman–Crippen MR) is 111 cm³/mol. The van der Waals surface area contributed by atoms with Crippen molar-refractivity contribution in [1.29, 1.82) is 0 Å². The lowest BCUT2D eigenvalue weighted by molar-refractivity contribution is 0.0996. The van der Waals surface area contributed by atoms with Crippen molar-refractivity contribution in [2.24, 2.45) is 0 Å². The SMILES string of the molecule is O=C1c2cc(-c3nnc(C(F)F)o3)ccc2CN1c1ccc(F)cc1-n1cc(C2CC2)cn1. The normalized spacial score (nSPS) is 15.5. The van der Waals surface area contributed by atoms with Crippen molar-refractivity contribution in [3.63, 3.8) is 0 Å². The van der Waals surface area contributed by atoms with E-state index in [1.54, 1.807) is 40.0 Å². The summed E-state index contributed by atoms with van der Waals surface area (Å²) in [5.41, 5.74) is 3.56. The Balaban J connectivity index is 1.35. The quantitative estimate of drug-likeness (QED) is 0.425. The molecule has 0 unspecified atom stereocenters. The van der Waals surface area contributed by atoms with Crippen molar-refractivity contribution in [2.75, 3.05) is 4.90 Å². The van der Waals surface area contributed by atoms with Crippen LogP contribution in [0.3, 0.4) is 0 Å². The molecule has 1 aliphatic carbocycles. The van der Waals surface area contributed by atoms with E-state index in [2.05, 4.69) is 15.3 Å². The van der Waals surface area contributed by atoms with Crippen LogP contribution < -0.4 is 4.90 Å². The zero-order chi connectivity index (χ0) is 22.7. The van der Waals surface area contributed by atoms with Gasteiger partial charge in [-0.05, 0) is 54.2 Å². The molecule has 4 aromatic rings. The Morgan fingerprint density at radius 3 is 2.67 bits per heavy atom. The molecule has 1 amide bonds. The highest BCUT2D eigenvalue weighted by Gasteiger charge is 2.32. The van der Waals surface area contributed by atoms with Crippen LogP contribution in [0.1, 0.15) is 52.6 Å². The Bertz CT molecular complexity index is 1390. The first-order chi connectivity index (χ1) is 16.0. The number of hydrogen-bond acceptors (Lipinski definition) is 5. The van der Waals surface area contributed by atoms with Gasteiger partial charge in [-0.25, -0.2) is 9.07 Å². The van der Waals surface area contributed by atoms with Gasteiger partial charge in [0.15, 0.2) is 0 Å². The number of aromatic nitrogens is 4. The third-order valence-corrected chi connectivity index (χ3v) is 5.91. The molecule has 3 heterocycles. The van der Waals surface area contributed by atoms with E-state index in [1.165, 1.54) is 12.1 Å². The zero-order valence-corrected chi connectivity index (χ0v) is 17.1. The van der Waals surface area contributed by atoms with E-state index in [4.69, 9.17) is 4.42 Å². The highest BCUT2D eigenvalue weighted by Crippen LogP contribution is 2.41. The lowest BCUT2D eigenvalue weighted by atomic mass is 10.1. The molecule has 7 nitrogen and oxygen atoms in total. The second kappa shape index (κ2) is 7.29. The van der Waals surface area contributed by atoms with Gasteiger partial charge in [0, 0.05) is 23.4 Å². The summed E-state index contributed by atoms with van der Waals surface area (Å²) >= 11 is 0. The van der Waals surface area contributed by atoms with E-state index in [1.807, 2.05) is 6.20 Å². The zero-order valence-electron chi connectivity index (χ0n) is 17.1. The second-order valence-electron chi connectivity index (χ2n) is 8.13. The number of hydrogen-bond donors (Lipinski definition) is 0. The summed E-state index contributed by atoms with van der Waals surface area (Å²) < 4.78 is 46.3. The largest absolute Gasteiger partial charge is 0.415 e. The Hall–Kier alpha value is -3.95. The van der Waals surface area contributed by atoms with Crippen LogP contribution >= 0.6 is 0 Å². The molecule has 1 saturated carbocycles. The van der Waals surface area contributed by atoms with E-state index < -0.39 is 18.1 Å². The number of anilines is 1. The Morgan fingerprint density at radius 2 is 1.91 bits per heavy atom. The van der Waals surface area contributed by atoms with Crippen molar-refractivity contribution in [3.8, 4) is 17.1 Å². The number of halogens is 3. The molecule has 0 atom stereocenters. The molecular formula is C23H16F3N5O2. The number of fused-ring (bicyclic) bond motifs is 1. The molecule has 0 N–H and O–H groups in total. The summed E-state index contributed by atoms with van der Waals surface area (Å²) in [7, 11) is 0. The number of alkyl halides is 2. The van der Waals surface area contributed by atoms with Crippen LogP contribution in [-0.2, 0) is 6.54 Å². The summed E-state index contributed by atoms with van der Waals surface area (Å²) in [5.74, 6) is -1.12. The van der Waals surface area contributed by atoms with Crippen molar-refractivity contribution < 1.29 is 22.4 Å². The van der Waals surface area contributed by atoms with Crippen molar-refractivity contribution >= 4 is 11.6 Å². The minimum absolute atomic E-state index is 0.0917. The van der Waals surface area contributed by atoms with Gasteiger partial charge in [-0.2, -0.15) is 13.9 Å². The predicted octanol–water partition coefficient (Wildman–Crippen LogP) is 5.04. The van der Waals surface area contributed by atoms with E-state index >= 15 is 0 Å². The number of rotatable bonds is 5. The third-order valence-electron chi connectivity index (χ3n) is 5.91. The van der Waals surface area contributed by atoms with E-state index in [9.17, 15) is 18.0 Å². The van der Waals surface area contributed by atoms with Gasteiger partial charge in [-0.1, -0.05) is 6.07 Å². The van der Waals surface area contributed by atoms with E-state index in [0.29, 0.717) is 28.4 Å². The minimum Gasteiger partial charge on any atom is -0.415 e. The van der Waals surface area contributed by atoms with Crippen LogP contribution in [0.15, 0.2) is 53.2 Å². The van der Waals surface area contributed by atoms with Crippen LogP contribution in [-0.4, -0.2) is 25.9 Å². The van der Waals surface area contributed by atoms with E-state index in [0.717, 1.165) is 24.0 Å². The van der Waals surface area contributed by atoms with Crippen LogP contribution in [0.25, 0.3) is 17.1 Å². The maximum absolute atomic E-state index is 14.1. The van der Waals surface area contributed by atoms with Gasteiger partial charge in [0.25, 0.3) is 11.8 Å². The smallest absolute Gasteiger partial charge is 0.314 e. The molecule has 166 valence electrons. The first kappa shape index (κ1) is 19.7. The molecular weight excluding hydrogens is 435 g/mol. The van der Waals surface area contributed by atoms with Crippen LogP contribution in [0.4, 0.5) is 18.9 Å². The standard InChI is InChI=1S/C23H16F3N5O2/c24-16-5-6-18(19(8-16)31-11-15(9-27-31)12-1-2-12)30-10-14-4-3-13(7-17(14)23(30)32)21-28-29-22(33-21)20(25)26/h3-9,11-12,20H,1-2,10H2. The molecule has 0 saturated heterocycles. The van der Waals surface area contributed by atoms with Gasteiger partial charge < -0.3 is 9.32 Å². The highest BCUT2D eigenvalue weighted by atomic mass is 19.3. The Kier molecular flexibility index (Phi) is 4.36. The fourth-order valence-electron chi connectivity index (χ4n) is 4.07. The average molecular weight is 451 g/mol. The number of nitrogens with zero attached hydrogens (tertiary/aromatic N) is 5. The second-order valence-corrected chi connectivity index (χ2v) is 8.13. The third kappa shape index (κ3) is 3.38.